The molecule has 13 heavy (non-hydrogen) atoms. The zero-order valence-corrected chi connectivity index (χ0v) is 7.73. The smallest absolute Gasteiger partial charge is 0.211 e. The SMILES string of the molecule is N#Cc1cc(Cl)cc(Cl)c1N=C=O. The average molecular weight is 213 g/mol. The molecule has 0 saturated heterocycles. The molecule has 0 radical (unpaired) electrons. The van der Waals surface area contributed by atoms with Crippen LogP contribution in [0.1, 0.15) is 5.56 Å². The van der Waals surface area contributed by atoms with Crippen LogP contribution in [-0.2, 0) is 4.79 Å². The van der Waals surface area contributed by atoms with Crippen LogP contribution in [0, 0.1) is 11.3 Å². The van der Waals surface area contributed by atoms with Gasteiger partial charge < -0.3 is 0 Å². The molecular formula is C8H2Cl2N2O. The number of rotatable bonds is 1. The number of nitriles is 1. The average Bonchev–Trinajstić information content (AvgIpc) is 2.09. The number of nitrogens with zero attached hydrogens (tertiary/aromatic N) is 2. The van der Waals surface area contributed by atoms with Crippen LogP contribution in [0.4, 0.5) is 5.69 Å². The maximum absolute atomic E-state index is 9.99. The molecule has 0 amide bonds. The molecule has 0 bridgehead atoms. The van der Waals surface area contributed by atoms with Crippen molar-refractivity contribution in [1.29, 1.82) is 5.26 Å². The van der Waals surface area contributed by atoms with Gasteiger partial charge in [0.2, 0.25) is 6.08 Å². The zero-order valence-electron chi connectivity index (χ0n) is 6.21. The number of isocyanates is 1. The van der Waals surface area contributed by atoms with Crippen molar-refractivity contribution < 1.29 is 4.79 Å². The first-order valence-electron chi connectivity index (χ1n) is 3.16. The number of hydrogen-bond acceptors (Lipinski definition) is 3. The molecule has 0 atom stereocenters. The van der Waals surface area contributed by atoms with Crippen LogP contribution in [0.25, 0.3) is 0 Å². The maximum Gasteiger partial charge on any atom is 0.240 e. The van der Waals surface area contributed by atoms with Gasteiger partial charge in [0.1, 0.15) is 11.8 Å². The van der Waals surface area contributed by atoms with Crippen molar-refractivity contribution in [2.24, 2.45) is 4.99 Å². The molecule has 0 spiro atoms. The summed E-state index contributed by atoms with van der Waals surface area (Å²) < 4.78 is 0. The van der Waals surface area contributed by atoms with E-state index in [1.807, 2.05) is 6.07 Å². The van der Waals surface area contributed by atoms with Crippen LogP contribution in [-0.4, -0.2) is 6.08 Å². The van der Waals surface area contributed by atoms with E-state index in [0.29, 0.717) is 5.02 Å². The fourth-order valence-corrected chi connectivity index (χ4v) is 1.35. The van der Waals surface area contributed by atoms with Crippen LogP contribution in [0.5, 0.6) is 0 Å². The van der Waals surface area contributed by atoms with Gasteiger partial charge in [-0.25, -0.2) is 4.79 Å². The molecule has 1 aromatic rings. The molecule has 0 fully saturated rings. The van der Waals surface area contributed by atoms with E-state index in [4.69, 9.17) is 28.5 Å². The summed E-state index contributed by atoms with van der Waals surface area (Å²) in [5, 5.41) is 9.12. The molecule has 0 unspecified atom stereocenters. The van der Waals surface area contributed by atoms with E-state index < -0.39 is 0 Å². The standard InChI is InChI=1S/C8H2Cl2N2O/c9-6-1-5(3-11)8(12-4-13)7(10)2-6/h1-2H. The highest BCUT2D eigenvalue weighted by Crippen LogP contribution is 2.31. The van der Waals surface area contributed by atoms with Crippen LogP contribution in [0.3, 0.4) is 0 Å². The third kappa shape index (κ3) is 2.07. The van der Waals surface area contributed by atoms with E-state index in [0.717, 1.165) is 0 Å². The number of halogens is 2. The van der Waals surface area contributed by atoms with Crippen LogP contribution < -0.4 is 0 Å². The number of benzene rings is 1. The first-order chi connectivity index (χ1) is 6.19. The zero-order chi connectivity index (χ0) is 9.84. The van der Waals surface area contributed by atoms with Crippen molar-refractivity contribution in [3.63, 3.8) is 0 Å². The van der Waals surface area contributed by atoms with Crippen molar-refractivity contribution >= 4 is 35.0 Å². The Morgan fingerprint density at radius 3 is 2.62 bits per heavy atom. The van der Waals surface area contributed by atoms with Gasteiger partial charge in [-0.1, -0.05) is 23.2 Å². The van der Waals surface area contributed by atoms with Gasteiger partial charge in [-0.2, -0.15) is 10.3 Å². The molecule has 1 aromatic carbocycles. The Bertz CT molecular complexity index is 431. The van der Waals surface area contributed by atoms with E-state index in [2.05, 4.69) is 4.99 Å². The molecule has 1 rings (SSSR count). The van der Waals surface area contributed by atoms with Crippen molar-refractivity contribution in [2.75, 3.05) is 0 Å². The quantitative estimate of drug-likeness (QED) is 0.531. The predicted octanol–water partition coefficient (Wildman–Crippen LogP) is 2.83. The van der Waals surface area contributed by atoms with Crippen molar-refractivity contribution in [3.05, 3.63) is 27.7 Å². The largest absolute Gasteiger partial charge is 0.240 e. The molecule has 0 saturated carbocycles. The second-order valence-electron chi connectivity index (χ2n) is 2.10. The lowest BCUT2D eigenvalue weighted by Gasteiger charge is -1.98. The molecule has 0 aliphatic heterocycles. The van der Waals surface area contributed by atoms with Crippen LogP contribution >= 0.6 is 23.2 Å². The van der Waals surface area contributed by atoms with E-state index in [1.54, 1.807) is 0 Å². The highest BCUT2D eigenvalue weighted by molar-refractivity contribution is 6.36. The van der Waals surface area contributed by atoms with E-state index in [1.165, 1.54) is 18.2 Å². The Morgan fingerprint density at radius 1 is 1.38 bits per heavy atom. The molecule has 0 heterocycles. The van der Waals surface area contributed by atoms with Gasteiger partial charge in [-0.15, -0.1) is 0 Å². The highest BCUT2D eigenvalue weighted by atomic mass is 35.5. The molecule has 0 aliphatic carbocycles. The van der Waals surface area contributed by atoms with E-state index in [9.17, 15) is 4.79 Å². The number of carbonyl (C=O) groups excluding carboxylic acids is 1. The number of aliphatic imine (C=N–C) groups is 1. The minimum absolute atomic E-state index is 0.101. The van der Waals surface area contributed by atoms with Gasteiger partial charge in [0.05, 0.1) is 10.6 Å². The Balaban J connectivity index is 3.49. The summed E-state index contributed by atoms with van der Waals surface area (Å²) in [6.45, 7) is 0. The molecule has 3 nitrogen and oxygen atoms in total. The Labute approximate surface area is 84.2 Å². The molecular weight excluding hydrogens is 211 g/mol. The van der Waals surface area contributed by atoms with Crippen molar-refractivity contribution in [1.82, 2.24) is 0 Å². The van der Waals surface area contributed by atoms with Gasteiger partial charge in [0, 0.05) is 5.02 Å². The van der Waals surface area contributed by atoms with Crippen LogP contribution in [0.15, 0.2) is 17.1 Å². The second-order valence-corrected chi connectivity index (χ2v) is 2.94. The first kappa shape index (κ1) is 9.76. The summed E-state index contributed by atoms with van der Waals surface area (Å²) in [7, 11) is 0. The fourth-order valence-electron chi connectivity index (χ4n) is 0.810. The topological polar surface area (TPSA) is 53.2 Å². The molecule has 5 heteroatoms. The third-order valence-corrected chi connectivity index (χ3v) is 1.81. The van der Waals surface area contributed by atoms with Crippen molar-refractivity contribution in [3.8, 4) is 6.07 Å². The monoisotopic (exact) mass is 212 g/mol. The van der Waals surface area contributed by atoms with Crippen molar-refractivity contribution in [2.45, 2.75) is 0 Å². The Morgan fingerprint density at radius 2 is 2.08 bits per heavy atom. The predicted molar refractivity (Wildman–Crippen MR) is 49.0 cm³/mol. The fraction of sp³-hybridized carbons (Fsp3) is 0. The maximum atomic E-state index is 9.99. The molecule has 0 aliphatic rings. The van der Waals surface area contributed by atoms with Gasteiger partial charge >= 0.3 is 0 Å². The minimum Gasteiger partial charge on any atom is -0.211 e. The van der Waals surface area contributed by atoms with E-state index >= 15 is 0 Å². The van der Waals surface area contributed by atoms with Gasteiger partial charge in [-0.3, -0.25) is 0 Å². The van der Waals surface area contributed by atoms with Gasteiger partial charge in [0.15, 0.2) is 0 Å². The van der Waals surface area contributed by atoms with Crippen LogP contribution in [0.2, 0.25) is 10.0 Å². The van der Waals surface area contributed by atoms with E-state index in [-0.39, 0.29) is 16.3 Å². The van der Waals surface area contributed by atoms with Gasteiger partial charge in [0.25, 0.3) is 0 Å². The Kier molecular flexibility index (Phi) is 3.05. The first-order valence-corrected chi connectivity index (χ1v) is 3.91. The highest BCUT2D eigenvalue weighted by Gasteiger charge is 2.07. The molecule has 64 valence electrons. The van der Waals surface area contributed by atoms with Gasteiger partial charge in [-0.05, 0) is 12.1 Å². The third-order valence-electron chi connectivity index (χ3n) is 1.31. The summed E-state index contributed by atoms with van der Waals surface area (Å²) >= 11 is 11.3. The minimum atomic E-state index is 0.101. The second kappa shape index (κ2) is 4.06. The summed E-state index contributed by atoms with van der Waals surface area (Å²) in [6.07, 6.45) is 1.32. The summed E-state index contributed by atoms with van der Waals surface area (Å²) in [5.74, 6) is 0. The lowest BCUT2D eigenvalue weighted by molar-refractivity contribution is 0.565. The molecule has 0 aromatic heterocycles. The number of hydrogen-bond donors (Lipinski definition) is 0. The Hall–Kier alpha value is -1.33. The summed E-state index contributed by atoms with van der Waals surface area (Å²) in [4.78, 5) is 13.3. The lowest BCUT2D eigenvalue weighted by Crippen LogP contribution is -1.78. The molecule has 0 N–H and O–H groups in total. The lowest BCUT2D eigenvalue weighted by atomic mass is 10.2. The summed E-state index contributed by atoms with van der Waals surface area (Å²) in [6, 6.07) is 4.60. The summed E-state index contributed by atoms with van der Waals surface area (Å²) in [5.41, 5.74) is 0.254. The normalized spacial score (nSPS) is 8.69.